The van der Waals surface area contributed by atoms with Crippen LogP contribution in [0.4, 0.5) is 5.82 Å². The van der Waals surface area contributed by atoms with Gasteiger partial charge in [0, 0.05) is 12.8 Å². The number of nitrogen functional groups attached to an aromatic ring is 1. The van der Waals surface area contributed by atoms with Crippen molar-refractivity contribution in [1.29, 1.82) is 0 Å². The van der Waals surface area contributed by atoms with E-state index in [-0.39, 0.29) is 23.0 Å². The first-order chi connectivity index (χ1) is 19.8. The largest absolute Gasteiger partial charge is 0.455 e. The Balaban J connectivity index is 1.38. The molecule has 2 aromatic heterocycles. The summed E-state index contributed by atoms with van der Waals surface area (Å²) in [4.78, 5) is 37.7. The summed E-state index contributed by atoms with van der Waals surface area (Å²) in [5.74, 6) is -1.46. The zero-order chi connectivity index (χ0) is 28.7. The molecule has 12 heteroatoms. The first-order valence-electron chi connectivity index (χ1n) is 13.3. The van der Waals surface area contributed by atoms with Crippen molar-refractivity contribution in [3.63, 3.8) is 0 Å². The highest BCUT2D eigenvalue weighted by Gasteiger charge is 2.51. The van der Waals surface area contributed by atoms with Crippen LogP contribution in [0.1, 0.15) is 53.4 Å². The van der Waals surface area contributed by atoms with Gasteiger partial charge in [-0.15, -0.1) is 0 Å². The number of aromatic nitrogens is 4. The average molecular weight is 560 g/mol. The minimum Gasteiger partial charge on any atom is -0.455 e. The van der Waals surface area contributed by atoms with E-state index in [1.54, 1.807) is 12.1 Å². The van der Waals surface area contributed by atoms with Gasteiger partial charge in [0.2, 0.25) is 0 Å². The lowest BCUT2D eigenvalue weighted by atomic mass is 9.77. The van der Waals surface area contributed by atoms with E-state index in [1.807, 2.05) is 24.3 Å². The molecule has 1 aliphatic heterocycles. The van der Waals surface area contributed by atoms with Gasteiger partial charge >= 0.3 is 11.9 Å². The molecule has 0 saturated carbocycles. The third kappa shape index (κ3) is 4.90. The Bertz CT molecular complexity index is 1610. The summed E-state index contributed by atoms with van der Waals surface area (Å²) in [6.45, 7) is 1.24. The lowest BCUT2D eigenvalue weighted by molar-refractivity contribution is -0.131. The number of carbonyl (C=O) groups excluding carboxylic acids is 2. The van der Waals surface area contributed by atoms with Crippen LogP contribution in [0.3, 0.4) is 0 Å². The number of anilines is 1. The zero-order valence-electron chi connectivity index (χ0n) is 22.2. The van der Waals surface area contributed by atoms with Crippen molar-refractivity contribution in [2.75, 3.05) is 5.73 Å². The lowest BCUT2D eigenvalue weighted by Crippen LogP contribution is -2.45. The van der Waals surface area contributed by atoms with Crippen LogP contribution in [-0.2, 0) is 20.7 Å². The summed E-state index contributed by atoms with van der Waals surface area (Å²) in [7, 11) is 0. The predicted molar refractivity (Wildman–Crippen MR) is 145 cm³/mol. The highest BCUT2D eigenvalue weighted by atomic mass is 16.6. The summed E-state index contributed by atoms with van der Waals surface area (Å²) < 4.78 is 19.1. The number of hydrogen-bond acceptors (Lipinski definition) is 11. The van der Waals surface area contributed by atoms with Crippen LogP contribution < -0.4 is 10.5 Å². The third-order valence-corrected chi connectivity index (χ3v) is 7.68. The molecule has 6 atom stereocenters. The van der Waals surface area contributed by atoms with Crippen molar-refractivity contribution < 1.29 is 34.0 Å². The SMILES string of the molecule is CC(=O)Oc1ccccc1C(=O)OC(C1CCCc2ccccc21)[C@H]1O[C@@H](n2cnc3c(N)ncnc32)[C@H](O)[C@@H]1O. The number of aliphatic hydroxyl groups excluding tert-OH is 2. The van der Waals surface area contributed by atoms with Crippen molar-refractivity contribution in [3.8, 4) is 5.75 Å². The van der Waals surface area contributed by atoms with E-state index in [2.05, 4.69) is 15.0 Å². The van der Waals surface area contributed by atoms with Gasteiger partial charge in [0.1, 0.15) is 47.6 Å². The topological polar surface area (TPSA) is 172 Å². The minimum absolute atomic E-state index is 0.0501. The highest BCUT2D eigenvalue weighted by Crippen LogP contribution is 2.42. The fraction of sp³-hybridized carbons (Fsp3) is 0.345. The molecule has 2 aliphatic rings. The molecule has 4 aromatic rings. The maximum Gasteiger partial charge on any atom is 0.342 e. The molecule has 2 unspecified atom stereocenters. The molecular weight excluding hydrogens is 530 g/mol. The van der Waals surface area contributed by atoms with Crippen LogP contribution in [0.2, 0.25) is 0 Å². The van der Waals surface area contributed by atoms with E-state index in [4.69, 9.17) is 19.9 Å². The number of benzene rings is 2. The Labute approximate surface area is 234 Å². The lowest BCUT2D eigenvalue weighted by Gasteiger charge is -2.36. The molecule has 0 spiro atoms. The second-order valence-electron chi connectivity index (χ2n) is 10.2. The van der Waals surface area contributed by atoms with Crippen LogP contribution >= 0.6 is 0 Å². The van der Waals surface area contributed by atoms with E-state index in [9.17, 15) is 19.8 Å². The number of aryl methyl sites for hydroxylation is 1. The minimum atomic E-state index is -1.42. The van der Waals surface area contributed by atoms with Crippen molar-refractivity contribution in [2.24, 2.45) is 0 Å². The number of para-hydroxylation sites is 1. The van der Waals surface area contributed by atoms with Crippen LogP contribution in [0.15, 0.2) is 61.2 Å². The molecule has 1 saturated heterocycles. The fourth-order valence-corrected chi connectivity index (χ4v) is 5.82. The van der Waals surface area contributed by atoms with Gasteiger partial charge in [-0.25, -0.2) is 19.7 Å². The number of imidazole rings is 1. The number of hydrogen-bond donors (Lipinski definition) is 3. The summed E-state index contributed by atoms with van der Waals surface area (Å²) in [6.07, 6.45) is -1.00. The van der Waals surface area contributed by atoms with Gasteiger partial charge in [-0.2, -0.15) is 0 Å². The molecule has 6 rings (SSSR count). The van der Waals surface area contributed by atoms with Gasteiger partial charge in [-0.1, -0.05) is 36.4 Å². The summed E-state index contributed by atoms with van der Waals surface area (Å²) in [6, 6.07) is 14.1. The Hall–Kier alpha value is -4.39. The fourth-order valence-electron chi connectivity index (χ4n) is 5.82. The first kappa shape index (κ1) is 26.8. The molecule has 212 valence electrons. The quantitative estimate of drug-likeness (QED) is 0.234. The Morgan fingerprint density at radius 2 is 1.85 bits per heavy atom. The number of aliphatic hydroxyl groups is 2. The number of nitrogens with zero attached hydrogens (tertiary/aromatic N) is 4. The number of esters is 2. The summed E-state index contributed by atoms with van der Waals surface area (Å²) in [5.41, 5.74) is 8.72. The smallest absolute Gasteiger partial charge is 0.342 e. The van der Waals surface area contributed by atoms with Crippen LogP contribution in [0, 0.1) is 0 Å². The van der Waals surface area contributed by atoms with Crippen LogP contribution in [0.5, 0.6) is 5.75 Å². The van der Waals surface area contributed by atoms with Crippen molar-refractivity contribution >= 4 is 28.9 Å². The number of rotatable bonds is 6. The van der Waals surface area contributed by atoms with Crippen molar-refractivity contribution in [1.82, 2.24) is 19.5 Å². The van der Waals surface area contributed by atoms with Crippen LogP contribution in [0.25, 0.3) is 11.2 Å². The molecule has 1 fully saturated rings. The highest BCUT2D eigenvalue weighted by molar-refractivity contribution is 5.93. The monoisotopic (exact) mass is 559 g/mol. The molecule has 0 amide bonds. The molecule has 0 bridgehead atoms. The molecule has 3 heterocycles. The second kappa shape index (κ2) is 10.9. The average Bonchev–Trinajstić information content (AvgIpc) is 3.53. The Morgan fingerprint density at radius 3 is 2.68 bits per heavy atom. The molecular formula is C29H29N5O7. The number of ether oxygens (including phenoxy) is 3. The predicted octanol–water partition coefficient (Wildman–Crippen LogP) is 2.30. The Morgan fingerprint density at radius 1 is 1.07 bits per heavy atom. The van der Waals surface area contributed by atoms with E-state index < -0.39 is 42.6 Å². The van der Waals surface area contributed by atoms with Gasteiger partial charge < -0.3 is 30.2 Å². The van der Waals surface area contributed by atoms with Gasteiger partial charge in [0.05, 0.1) is 6.33 Å². The second-order valence-corrected chi connectivity index (χ2v) is 10.2. The van der Waals surface area contributed by atoms with Crippen LogP contribution in [-0.4, -0.2) is 66.1 Å². The van der Waals surface area contributed by atoms with Gasteiger partial charge in [-0.05, 0) is 42.5 Å². The van der Waals surface area contributed by atoms with Gasteiger partial charge in [0.15, 0.2) is 17.7 Å². The molecule has 0 radical (unpaired) electrons. The molecule has 4 N–H and O–H groups in total. The third-order valence-electron chi connectivity index (χ3n) is 7.68. The first-order valence-corrected chi connectivity index (χ1v) is 13.3. The maximum atomic E-state index is 13.6. The standard InChI is InChI=1S/C29H29N5O7/c1-15(35)39-20-12-5-4-10-19(20)29(38)41-24(18-11-6-8-16-7-2-3-9-17(16)18)25-22(36)23(37)28(40-25)34-14-33-21-26(30)31-13-32-27(21)34/h2-5,7,9-10,12-14,18,22-25,28,36-37H,6,8,11H2,1H3,(H2,30,31,32)/t18?,22-,23+,24?,25-,28+/m0/s1. The van der Waals surface area contributed by atoms with E-state index in [0.717, 1.165) is 24.0 Å². The summed E-state index contributed by atoms with van der Waals surface area (Å²) >= 11 is 0. The van der Waals surface area contributed by atoms with Crippen molar-refractivity contribution in [3.05, 3.63) is 77.9 Å². The summed E-state index contributed by atoms with van der Waals surface area (Å²) in [5, 5.41) is 22.5. The van der Waals surface area contributed by atoms with E-state index in [0.29, 0.717) is 17.6 Å². The number of carbonyl (C=O) groups is 2. The number of fused-ring (bicyclic) bond motifs is 2. The molecule has 12 nitrogen and oxygen atoms in total. The Kier molecular flexibility index (Phi) is 7.12. The number of nitrogens with two attached hydrogens (primary N) is 1. The molecule has 2 aromatic carbocycles. The van der Waals surface area contributed by atoms with E-state index >= 15 is 0 Å². The zero-order valence-corrected chi connectivity index (χ0v) is 22.2. The molecule has 41 heavy (non-hydrogen) atoms. The van der Waals surface area contributed by atoms with Gasteiger partial charge in [0.25, 0.3) is 0 Å². The molecule has 1 aliphatic carbocycles. The van der Waals surface area contributed by atoms with E-state index in [1.165, 1.54) is 36.3 Å². The normalized spacial score (nSPS) is 24.5. The maximum absolute atomic E-state index is 13.6. The van der Waals surface area contributed by atoms with Gasteiger partial charge in [-0.3, -0.25) is 9.36 Å². The van der Waals surface area contributed by atoms with Crippen molar-refractivity contribution in [2.45, 2.75) is 62.7 Å².